The summed E-state index contributed by atoms with van der Waals surface area (Å²) in [7, 11) is 0. The molecule has 0 spiro atoms. The highest BCUT2D eigenvalue weighted by molar-refractivity contribution is 5.89. The Morgan fingerprint density at radius 1 is 1.00 bits per heavy atom. The molecule has 0 saturated heterocycles. The summed E-state index contributed by atoms with van der Waals surface area (Å²) < 4.78 is 5.93. The Bertz CT molecular complexity index is 690. The van der Waals surface area contributed by atoms with Gasteiger partial charge in [-0.3, -0.25) is 0 Å². The summed E-state index contributed by atoms with van der Waals surface area (Å²) in [5.74, 6) is 1.01. The summed E-state index contributed by atoms with van der Waals surface area (Å²) in [5.41, 5.74) is 1.96. The number of ether oxygens (including phenoxy) is 1. The number of anilines is 1. The molecule has 5 nitrogen and oxygen atoms in total. The summed E-state index contributed by atoms with van der Waals surface area (Å²) >= 11 is 0. The minimum Gasteiger partial charge on any atom is -0.508 e. The van der Waals surface area contributed by atoms with Crippen LogP contribution in [0.1, 0.15) is 31.2 Å². The molecular formula is C20H24N2O3. The van der Waals surface area contributed by atoms with Gasteiger partial charge in [0.2, 0.25) is 0 Å². The van der Waals surface area contributed by atoms with Gasteiger partial charge in [0.05, 0.1) is 6.10 Å². The molecule has 1 aliphatic rings. The Morgan fingerprint density at radius 3 is 2.28 bits per heavy atom. The fourth-order valence-corrected chi connectivity index (χ4v) is 3.03. The van der Waals surface area contributed by atoms with Crippen LogP contribution < -0.4 is 15.4 Å². The highest BCUT2D eigenvalue weighted by Gasteiger charge is 2.23. The molecule has 5 heteroatoms. The number of phenols is 1. The number of carbonyl (C=O) groups is 1. The van der Waals surface area contributed by atoms with Gasteiger partial charge in [0, 0.05) is 11.7 Å². The van der Waals surface area contributed by atoms with Gasteiger partial charge in [0.25, 0.3) is 0 Å². The van der Waals surface area contributed by atoms with Gasteiger partial charge >= 0.3 is 6.03 Å². The normalized spacial score (nSPS) is 19.9. The monoisotopic (exact) mass is 340 g/mol. The molecule has 0 radical (unpaired) electrons. The molecule has 1 aliphatic carbocycles. The topological polar surface area (TPSA) is 70.6 Å². The fourth-order valence-electron chi connectivity index (χ4n) is 3.03. The maximum absolute atomic E-state index is 12.1. The van der Waals surface area contributed by atoms with Gasteiger partial charge in [-0.15, -0.1) is 0 Å². The van der Waals surface area contributed by atoms with Crippen molar-refractivity contribution >= 4 is 11.7 Å². The second-order valence-corrected chi connectivity index (χ2v) is 6.55. The molecule has 132 valence electrons. The highest BCUT2D eigenvalue weighted by atomic mass is 16.5. The van der Waals surface area contributed by atoms with Crippen molar-refractivity contribution in [2.24, 2.45) is 0 Å². The second-order valence-electron chi connectivity index (χ2n) is 6.55. The van der Waals surface area contributed by atoms with E-state index in [0.717, 1.165) is 42.7 Å². The Morgan fingerprint density at radius 2 is 1.64 bits per heavy atom. The van der Waals surface area contributed by atoms with Crippen LogP contribution in [-0.4, -0.2) is 23.3 Å². The predicted molar refractivity (Wildman–Crippen MR) is 98.1 cm³/mol. The third-order valence-electron chi connectivity index (χ3n) is 4.46. The van der Waals surface area contributed by atoms with Crippen molar-refractivity contribution < 1.29 is 14.6 Å². The lowest BCUT2D eigenvalue weighted by molar-refractivity contribution is 0.141. The molecule has 2 aromatic carbocycles. The van der Waals surface area contributed by atoms with Crippen LogP contribution in [0.3, 0.4) is 0 Å². The van der Waals surface area contributed by atoms with E-state index in [1.165, 1.54) is 0 Å². The van der Waals surface area contributed by atoms with Crippen molar-refractivity contribution in [3.05, 3.63) is 54.1 Å². The Labute approximate surface area is 148 Å². The molecule has 0 heterocycles. The fraction of sp³-hybridized carbons (Fsp3) is 0.350. The zero-order valence-electron chi connectivity index (χ0n) is 14.4. The number of hydrogen-bond donors (Lipinski definition) is 3. The zero-order chi connectivity index (χ0) is 17.6. The van der Waals surface area contributed by atoms with Gasteiger partial charge in [0.15, 0.2) is 0 Å². The minimum atomic E-state index is -0.160. The van der Waals surface area contributed by atoms with Crippen LogP contribution in [0.15, 0.2) is 48.5 Å². The van der Waals surface area contributed by atoms with Gasteiger partial charge in [-0.1, -0.05) is 17.7 Å². The predicted octanol–water partition coefficient (Wildman–Crippen LogP) is 4.21. The summed E-state index contributed by atoms with van der Waals surface area (Å²) in [6.45, 7) is 2.02. The SMILES string of the molecule is Cc1ccc(NC(=O)NC2CCC(Oc3ccc(O)cc3)CC2)cc1. The molecule has 2 amide bonds. The lowest BCUT2D eigenvalue weighted by atomic mass is 9.93. The van der Waals surface area contributed by atoms with Crippen LogP contribution in [0.25, 0.3) is 0 Å². The number of carbonyl (C=O) groups excluding carboxylic acids is 1. The largest absolute Gasteiger partial charge is 0.508 e. The number of benzene rings is 2. The van der Waals surface area contributed by atoms with E-state index in [9.17, 15) is 9.90 Å². The Hall–Kier alpha value is -2.69. The molecule has 3 N–H and O–H groups in total. The number of amides is 2. The Balaban J connectivity index is 1.42. The van der Waals surface area contributed by atoms with Gasteiger partial charge in [-0.25, -0.2) is 4.79 Å². The van der Waals surface area contributed by atoms with Crippen LogP contribution in [0.5, 0.6) is 11.5 Å². The molecule has 3 rings (SSSR count). The third kappa shape index (κ3) is 5.14. The van der Waals surface area contributed by atoms with Crippen LogP contribution in [0, 0.1) is 6.92 Å². The van der Waals surface area contributed by atoms with Gasteiger partial charge in [-0.2, -0.15) is 0 Å². The summed E-state index contributed by atoms with van der Waals surface area (Å²) in [5, 5.41) is 15.2. The number of urea groups is 1. The van der Waals surface area contributed by atoms with Crippen LogP contribution >= 0.6 is 0 Å². The van der Waals surface area contributed by atoms with E-state index in [1.54, 1.807) is 24.3 Å². The molecule has 0 aliphatic heterocycles. The van der Waals surface area contributed by atoms with E-state index in [0.29, 0.717) is 0 Å². The maximum atomic E-state index is 12.1. The van der Waals surface area contributed by atoms with E-state index in [2.05, 4.69) is 10.6 Å². The van der Waals surface area contributed by atoms with Crippen molar-refractivity contribution in [1.29, 1.82) is 0 Å². The summed E-state index contributed by atoms with van der Waals surface area (Å²) in [6, 6.07) is 14.5. The quantitative estimate of drug-likeness (QED) is 0.781. The second kappa shape index (κ2) is 7.92. The van der Waals surface area contributed by atoms with Crippen LogP contribution in [0.4, 0.5) is 10.5 Å². The van der Waals surface area contributed by atoms with Crippen molar-refractivity contribution in [3.63, 3.8) is 0 Å². The van der Waals surface area contributed by atoms with Crippen LogP contribution in [-0.2, 0) is 0 Å². The van der Waals surface area contributed by atoms with Crippen molar-refractivity contribution in [3.8, 4) is 11.5 Å². The van der Waals surface area contributed by atoms with Crippen molar-refractivity contribution in [2.75, 3.05) is 5.32 Å². The van der Waals surface area contributed by atoms with E-state index in [-0.39, 0.29) is 23.9 Å². The first-order valence-corrected chi connectivity index (χ1v) is 8.68. The average Bonchev–Trinajstić information content (AvgIpc) is 2.61. The number of phenolic OH excluding ortho intramolecular Hbond substituents is 1. The summed E-state index contributed by atoms with van der Waals surface area (Å²) in [6.07, 6.45) is 3.74. The van der Waals surface area contributed by atoms with Crippen molar-refractivity contribution in [2.45, 2.75) is 44.8 Å². The lowest BCUT2D eigenvalue weighted by Crippen LogP contribution is -2.41. The van der Waals surface area contributed by atoms with E-state index in [4.69, 9.17) is 4.74 Å². The minimum absolute atomic E-state index is 0.155. The lowest BCUT2D eigenvalue weighted by Gasteiger charge is -2.29. The van der Waals surface area contributed by atoms with Crippen molar-refractivity contribution in [1.82, 2.24) is 5.32 Å². The first-order chi connectivity index (χ1) is 12.1. The molecule has 0 atom stereocenters. The summed E-state index contributed by atoms with van der Waals surface area (Å²) in [4.78, 5) is 12.1. The van der Waals surface area contributed by atoms with Gasteiger partial charge < -0.3 is 20.5 Å². The zero-order valence-corrected chi connectivity index (χ0v) is 14.4. The average molecular weight is 340 g/mol. The van der Waals surface area contributed by atoms with Gasteiger partial charge in [-0.05, 0) is 69.0 Å². The molecule has 25 heavy (non-hydrogen) atoms. The third-order valence-corrected chi connectivity index (χ3v) is 4.46. The molecule has 1 saturated carbocycles. The van der Waals surface area contributed by atoms with E-state index in [1.807, 2.05) is 31.2 Å². The van der Waals surface area contributed by atoms with E-state index < -0.39 is 0 Å². The molecule has 0 aromatic heterocycles. The first kappa shape index (κ1) is 17.1. The van der Waals surface area contributed by atoms with Crippen LogP contribution in [0.2, 0.25) is 0 Å². The standard InChI is InChI=1S/C20H24N2O3/c1-14-2-4-15(5-3-14)21-20(24)22-16-6-10-18(11-7-16)25-19-12-8-17(23)9-13-19/h2-5,8-9,12-13,16,18,23H,6-7,10-11H2,1H3,(H2,21,22,24). The molecule has 2 aromatic rings. The number of rotatable bonds is 4. The smallest absolute Gasteiger partial charge is 0.319 e. The number of aryl methyl sites for hydroxylation is 1. The maximum Gasteiger partial charge on any atom is 0.319 e. The molecular weight excluding hydrogens is 316 g/mol. The van der Waals surface area contributed by atoms with E-state index >= 15 is 0 Å². The highest BCUT2D eigenvalue weighted by Crippen LogP contribution is 2.25. The van der Waals surface area contributed by atoms with Gasteiger partial charge in [0.1, 0.15) is 11.5 Å². The number of nitrogens with one attached hydrogen (secondary N) is 2. The molecule has 0 unspecified atom stereocenters. The number of hydrogen-bond acceptors (Lipinski definition) is 3. The Kier molecular flexibility index (Phi) is 5.43. The molecule has 0 bridgehead atoms. The number of aromatic hydroxyl groups is 1. The first-order valence-electron chi connectivity index (χ1n) is 8.68. The molecule has 1 fully saturated rings.